The molecule has 0 bridgehead atoms. The average Bonchev–Trinajstić information content (AvgIpc) is 2.81. The van der Waals surface area contributed by atoms with Crippen LogP contribution in [0.3, 0.4) is 0 Å². The fourth-order valence-electron chi connectivity index (χ4n) is 3.28. The number of ether oxygens (including phenoxy) is 2. The molecule has 2 heterocycles. The molecule has 120 valence electrons. The number of amides is 1. The molecule has 1 aromatic rings. The zero-order valence-corrected chi connectivity index (χ0v) is 13.4. The van der Waals surface area contributed by atoms with E-state index in [9.17, 15) is 4.79 Å². The summed E-state index contributed by atoms with van der Waals surface area (Å²) in [7, 11) is 1.68. The number of fused-ring (bicyclic) bond motifs is 1. The van der Waals surface area contributed by atoms with Gasteiger partial charge in [0, 0.05) is 20.1 Å². The first-order chi connectivity index (χ1) is 10.5. The molecule has 0 aromatic heterocycles. The monoisotopic (exact) mass is 304 g/mol. The largest absolute Gasteiger partial charge is 0.486 e. The minimum Gasteiger partial charge on any atom is -0.486 e. The summed E-state index contributed by atoms with van der Waals surface area (Å²) < 4.78 is 11.4. The van der Waals surface area contributed by atoms with Crippen LogP contribution in [0.5, 0.6) is 5.75 Å². The van der Waals surface area contributed by atoms with Gasteiger partial charge in [-0.25, -0.2) is 0 Å². The van der Waals surface area contributed by atoms with Crippen LogP contribution >= 0.6 is 0 Å². The Kier molecular flexibility index (Phi) is 4.10. The molecule has 0 saturated carbocycles. The van der Waals surface area contributed by atoms with Crippen LogP contribution in [0.25, 0.3) is 0 Å². The lowest BCUT2D eigenvalue weighted by Crippen LogP contribution is -2.53. The molecule has 1 amide bonds. The predicted octanol–water partition coefficient (Wildman–Crippen LogP) is 1.51. The van der Waals surface area contributed by atoms with Crippen molar-refractivity contribution in [2.45, 2.75) is 44.4 Å². The third-order valence-electron chi connectivity index (χ3n) is 4.38. The van der Waals surface area contributed by atoms with E-state index in [2.05, 4.69) is 10.6 Å². The van der Waals surface area contributed by atoms with Crippen molar-refractivity contribution in [1.29, 1.82) is 0 Å². The lowest BCUT2D eigenvalue weighted by Gasteiger charge is -2.31. The normalized spacial score (nSPS) is 26.1. The smallest absolute Gasteiger partial charge is 0.255 e. The van der Waals surface area contributed by atoms with E-state index in [0.717, 1.165) is 37.2 Å². The van der Waals surface area contributed by atoms with Crippen molar-refractivity contribution >= 4 is 5.91 Å². The number of hydrogen-bond acceptors (Lipinski definition) is 4. The van der Waals surface area contributed by atoms with E-state index < -0.39 is 0 Å². The SMILES string of the molecule is COC1CNCCC1NC(=O)c1cccc2c1OC(C)(C)C2. The second-order valence-electron chi connectivity index (χ2n) is 6.68. The molecule has 2 aliphatic heterocycles. The van der Waals surface area contributed by atoms with Gasteiger partial charge in [-0.1, -0.05) is 12.1 Å². The van der Waals surface area contributed by atoms with Crippen molar-refractivity contribution in [3.8, 4) is 5.75 Å². The van der Waals surface area contributed by atoms with Crippen molar-refractivity contribution in [3.63, 3.8) is 0 Å². The van der Waals surface area contributed by atoms with Gasteiger partial charge < -0.3 is 20.1 Å². The Balaban J connectivity index is 1.78. The Morgan fingerprint density at radius 3 is 3.05 bits per heavy atom. The van der Waals surface area contributed by atoms with Crippen LogP contribution < -0.4 is 15.4 Å². The molecule has 5 nitrogen and oxygen atoms in total. The maximum absolute atomic E-state index is 12.7. The van der Waals surface area contributed by atoms with Crippen LogP contribution in [0.1, 0.15) is 36.2 Å². The van der Waals surface area contributed by atoms with Gasteiger partial charge >= 0.3 is 0 Å². The third-order valence-corrected chi connectivity index (χ3v) is 4.38. The van der Waals surface area contributed by atoms with Crippen molar-refractivity contribution in [2.75, 3.05) is 20.2 Å². The van der Waals surface area contributed by atoms with E-state index in [1.165, 1.54) is 0 Å². The minimum absolute atomic E-state index is 0.00631. The number of rotatable bonds is 3. The number of hydrogen-bond donors (Lipinski definition) is 2. The summed E-state index contributed by atoms with van der Waals surface area (Å²) in [4.78, 5) is 12.7. The molecule has 1 saturated heterocycles. The van der Waals surface area contributed by atoms with Gasteiger partial charge in [0.05, 0.1) is 17.7 Å². The number of nitrogens with one attached hydrogen (secondary N) is 2. The number of carbonyl (C=O) groups excluding carboxylic acids is 1. The molecule has 0 radical (unpaired) electrons. The van der Waals surface area contributed by atoms with Crippen molar-refractivity contribution in [3.05, 3.63) is 29.3 Å². The van der Waals surface area contributed by atoms with Crippen molar-refractivity contribution in [1.82, 2.24) is 10.6 Å². The standard InChI is InChI=1S/C17H24N2O3/c1-17(2)9-11-5-4-6-12(15(11)22-17)16(20)19-13-7-8-18-10-14(13)21-3/h4-6,13-14,18H,7-10H2,1-3H3,(H,19,20). The summed E-state index contributed by atoms with van der Waals surface area (Å²) in [5.41, 5.74) is 1.48. The first-order valence-electron chi connectivity index (χ1n) is 7.85. The highest BCUT2D eigenvalue weighted by atomic mass is 16.5. The van der Waals surface area contributed by atoms with E-state index in [1.807, 2.05) is 32.0 Å². The molecule has 2 atom stereocenters. The lowest BCUT2D eigenvalue weighted by molar-refractivity contribution is 0.0474. The maximum Gasteiger partial charge on any atom is 0.255 e. The number of carbonyl (C=O) groups is 1. The Morgan fingerprint density at radius 2 is 2.27 bits per heavy atom. The van der Waals surface area contributed by atoms with Crippen LogP contribution in [-0.2, 0) is 11.2 Å². The predicted molar refractivity (Wildman–Crippen MR) is 84.4 cm³/mol. The molecular weight excluding hydrogens is 280 g/mol. The van der Waals surface area contributed by atoms with Crippen LogP contribution in [0.2, 0.25) is 0 Å². The Morgan fingerprint density at radius 1 is 1.45 bits per heavy atom. The highest BCUT2D eigenvalue weighted by molar-refractivity contribution is 5.97. The van der Waals surface area contributed by atoms with E-state index in [-0.39, 0.29) is 23.7 Å². The molecule has 3 rings (SSSR count). The fraction of sp³-hybridized carbons (Fsp3) is 0.588. The van der Waals surface area contributed by atoms with E-state index in [4.69, 9.17) is 9.47 Å². The van der Waals surface area contributed by atoms with Crippen molar-refractivity contribution < 1.29 is 14.3 Å². The second-order valence-corrected chi connectivity index (χ2v) is 6.68. The third kappa shape index (κ3) is 2.96. The topological polar surface area (TPSA) is 59.6 Å². The molecular formula is C17H24N2O3. The Hall–Kier alpha value is -1.59. The zero-order valence-electron chi connectivity index (χ0n) is 13.4. The molecule has 2 aliphatic rings. The summed E-state index contributed by atoms with van der Waals surface area (Å²) in [6.07, 6.45) is 1.70. The van der Waals surface area contributed by atoms with E-state index in [0.29, 0.717) is 5.56 Å². The molecule has 22 heavy (non-hydrogen) atoms. The summed E-state index contributed by atoms with van der Waals surface area (Å²) in [5, 5.41) is 6.39. The van der Waals surface area contributed by atoms with Crippen LogP contribution in [-0.4, -0.2) is 43.9 Å². The number of benzene rings is 1. The van der Waals surface area contributed by atoms with Gasteiger partial charge in [0.2, 0.25) is 0 Å². The Labute approximate surface area is 131 Å². The van der Waals surface area contributed by atoms with Gasteiger partial charge in [-0.15, -0.1) is 0 Å². The quantitative estimate of drug-likeness (QED) is 0.888. The van der Waals surface area contributed by atoms with Gasteiger partial charge in [-0.2, -0.15) is 0 Å². The van der Waals surface area contributed by atoms with Crippen LogP contribution in [0.4, 0.5) is 0 Å². The van der Waals surface area contributed by atoms with Gasteiger partial charge in [0.25, 0.3) is 5.91 Å². The Bertz CT molecular complexity index is 571. The molecule has 0 spiro atoms. The highest BCUT2D eigenvalue weighted by Gasteiger charge is 2.34. The second kappa shape index (κ2) is 5.89. The van der Waals surface area contributed by atoms with Gasteiger partial charge in [0.1, 0.15) is 11.4 Å². The summed E-state index contributed by atoms with van der Waals surface area (Å²) >= 11 is 0. The summed E-state index contributed by atoms with van der Waals surface area (Å²) in [5.74, 6) is 0.649. The highest BCUT2D eigenvalue weighted by Crippen LogP contribution is 2.37. The van der Waals surface area contributed by atoms with Gasteiger partial charge in [-0.05, 0) is 38.4 Å². The zero-order chi connectivity index (χ0) is 15.7. The first kappa shape index (κ1) is 15.3. The fourth-order valence-corrected chi connectivity index (χ4v) is 3.28. The number of piperidine rings is 1. The average molecular weight is 304 g/mol. The molecule has 0 aliphatic carbocycles. The molecule has 2 unspecified atom stereocenters. The first-order valence-corrected chi connectivity index (χ1v) is 7.85. The number of para-hydroxylation sites is 1. The van der Waals surface area contributed by atoms with E-state index in [1.54, 1.807) is 7.11 Å². The minimum atomic E-state index is -0.247. The summed E-state index contributed by atoms with van der Waals surface area (Å²) in [6.45, 7) is 5.74. The molecule has 1 aromatic carbocycles. The van der Waals surface area contributed by atoms with Crippen LogP contribution in [0, 0.1) is 0 Å². The lowest BCUT2D eigenvalue weighted by atomic mass is 9.99. The molecule has 1 fully saturated rings. The summed E-state index contributed by atoms with van der Waals surface area (Å²) in [6, 6.07) is 5.82. The number of methoxy groups -OCH3 is 1. The van der Waals surface area contributed by atoms with Gasteiger partial charge in [-0.3, -0.25) is 4.79 Å². The van der Waals surface area contributed by atoms with Crippen molar-refractivity contribution in [2.24, 2.45) is 0 Å². The van der Waals surface area contributed by atoms with Gasteiger partial charge in [0.15, 0.2) is 0 Å². The molecule has 5 heteroatoms. The van der Waals surface area contributed by atoms with Crippen LogP contribution in [0.15, 0.2) is 18.2 Å². The maximum atomic E-state index is 12.7. The molecule has 2 N–H and O–H groups in total. The van der Waals surface area contributed by atoms with E-state index >= 15 is 0 Å².